The number of nitrogens with one attached hydrogen (secondary N) is 2. The van der Waals surface area contributed by atoms with Crippen molar-refractivity contribution >= 4 is 22.8 Å². The number of aromatic nitrogens is 1. The number of pyridine rings is 1. The number of fused-ring (bicyclic) bond motifs is 1. The van der Waals surface area contributed by atoms with Gasteiger partial charge in [0.1, 0.15) is 0 Å². The Morgan fingerprint density at radius 2 is 1.91 bits per heavy atom. The van der Waals surface area contributed by atoms with Crippen LogP contribution in [0.25, 0.3) is 10.9 Å². The summed E-state index contributed by atoms with van der Waals surface area (Å²) in [4.78, 5) is 38.2. The second-order valence-corrected chi connectivity index (χ2v) is 5.77. The van der Waals surface area contributed by atoms with E-state index in [4.69, 9.17) is 4.74 Å². The summed E-state index contributed by atoms with van der Waals surface area (Å²) in [5, 5.41) is 3.33. The summed E-state index contributed by atoms with van der Waals surface area (Å²) >= 11 is 0. The maximum atomic E-state index is 12.2. The fraction of sp³-hybridized carbons (Fsp3) is 0.353. The molecule has 1 amide bonds. The van der Waals surface area contributed by atoms with Crippen molar-refractivity contribution in [3.63, 3.8) is 0 Å². The van der Waals surface area contributed by atoms with E-state index in [0.29, 0.717) is 10.9 Å². The predicted molar refractivity (Wildman–Crippen MR) is 87.3 cm³/mol. The molecule has 2 aromatic rings. The van der Waals surface area contributed by atoms with E-state index in [0.717, 1.165) is 0 Å². The lowest BCUT2D eigenvalue weighted by atomic mass is 10.1. The molecule has 0 spiro atoms. The zero-order valence-electron chi connectivity index (χ0n) is 13.4. The molecule has 122 valence electrons. The molecule has 0 bridgehead atoms. The number of amides is 1. The number of H-pyrrole nitrogens is 1. The van der Waals surface area contributed by atoms with Crippen LogP contribution in [-0.2, 0) is 9.53 Å². The number of ether oxygens (including phenoxy) is 1. The molecule has 0 saturated heterocycles. The molecule has 0 aliphatic rings. The van der Waals surface area contributed by atoms with E-state index in [1.54, 1.807) is 24.3 Å². The number of hydrogen-bond donors (Lipinski definition) is 2. The molecule has 0 radical (unpaired) electrons. The van der Waals surface area contributed by atoms with Crippen LogP contribution in [0.2, 0.25) is 0 Å². The number of esters is 1. The van der Waals surface area contributed by atoms with Crippen molar-refractivity contribution in [3.05, 3.63) is 46.2 Å². The summed E-state index contributed by atoms with van der Waals surface area (Å²) in [5.74, 6) is -0.778. The highest BCUT2D eigenvalue weighted by Crippen LogP contribution is 2.15. The van der Waals surface area contributed by atoms with Gasteiger partial charge in [-0.3, -0.25) is 9.59 Å². The molecular weight excluding hydrogens is 296 g/mol. The number of carbonyl (C=O) groups is 2. The first kappa shape index (κ1) is 16.7. The maximum Gasteiger partial charge on any atom is 0.339 e. The van der Waals surface area contributed by atoms with Crippen molar-refractivity contribution in [2.75, 3.05) is 6.61 Å². The van der Waals surface area contributed by atoms with Gasteiger partial charge in [0, 0.05) is 23.0 Å². The van der Waals surface area contributed by atoms with Crippen molar-refractivity contribution in [1.29, 1.82) is 0 Å². The maximum absolute atomic E-state index is 12.2. The van der Waals surface area contributed by atoms with E-state index in [1.165, 1.54) is 6.07 Å². The Morgan fingerprint density at radius 1 is 1.22 bits per heavy atom. The Balaban J connectivity index is 2.10. The summed E-state index contributed by atoms with van der Waals surface area (Å²) < 4.78 is 5.03. The van der Waals surface area contributed by atoms with Crippen LogP contribution in [-0.4, -0.2) is 29.5 Å². The van der Waals surface area contributed by atoms with Crippen molar-refractivity contribution in [2.24, 2.45) is 5.92 Å². The monoisotopic (exact) mass is 316 g/mol. The SMILES string of the molecule is CC(C)[C@@H](C)NC(=O)COC(=O)c1cc(=O)[nH]c2ccccc12. The molecule has 6 nitrogen and oxygen atoms in total. The van der Waals surface area contributed by atoms with Crippen LogP contribution in [0.1, 0.15) is 31.1 Å². The zero-order chi connectivity index (χ0) is 17.0. The van der Waals surface area contributed by atoms with E-state index < -0.39 is 11.5 Å². The number of benzene rings is 1. The molecule has 1 heterocycles. The van der Waals surface area contributed by atoms with Gasteiger partial charge in [-0.05, 0) is 18.9 Å². The Morgan fingerprint density at radius 3 is 2.61 bits per heavy atom. The smallest absolute Gasteiger partial charge is 0.339 e. The van der Waals surface area contributed by atoms with Gasteiger partial charge in [-0.1, -0.05) is 32.0 Å². The van der Waals surface area contributed by atoms with Crippen molar-refractivity contribution in [1.82, 2.24) is 10.3 Å². The first-order valence-electron chi connectivity index (χ1n) is 7.47. The van der Waals surface area contributed by atoms with E-state index >= 15 is 0 Å². The van der Waals surface area contributed by atoms with Gasteiger partial charge in [-0.25, -0.2) is 4.79 Å². The molecule has 0 unspecified atom stereocenters. The first-order valence-corrected chi connectivity index (χ1v) is 7.47. The lowest BCUT2D eigenvalue weighted by molar-refractivity contribution is -0.125. The van der Waals surface area contributed by atoms with Gasteiger partial charge in [0.25, 0.3) is 5.91 Å². The average molecular weight is 316 g/mol. The molecule has 1 atom stereocenters. The molecule has 2 N–H and O–H groups in total. The molecule has 0 aliphatic heterocycles. The number of carbonyl (C=O) groups excluding carboxylic acids is 2. The third kappa shape index (κ3) is 4.18. The molecular formula is C17H20N2O4. The Hall–Kier alpha value is -2.63. The van der Waals surface area contributed by atoms with Gasteiger partial charge in [-0.2, -0.15) is 0 Å². The summed E-state index contributed by atoms with van der Waals surface area (Å²) in [6, 6.07) is 8.09. The Kier molecular flexibility index (Phi) is 5.16. The van der Waals surface area contributed by atoms with Crippen LogP contribution >= 0.6 is 0 Å². The van der Waals surface area contributed by atoms with Crippen LogP contribution in [0.15, 0.2) is 35.1 Å². The Labute approximate surface area is 133 Å². The lowest BCUT2D eigenvalue weighted by Crippen LogP contribution is -2.38. The molecule has 0 saturated carbocycles. The Bertz CT molecular complexity index is 780. The van der Waals surface area contributed by atoms with E-state index in [9.17, 15) is 14.4 Å². The van der Waals surface area contributed by atoms with Gasteiger partial charge >= 0.3 is 5.97 Å². The second kappa shape index (κ2) is 7.09. The highest BCUT2D eigenvalue weighted by molar-refractivity contribution is 6.03. The largest absolute Gasteiger partial charge is 0.452 e. The molecule has 0 aliphatic carbocycles. The van der Waals surface area contributed by atoms with Crippen LogP contribution in [0, 0.1) is 5.92 Å². The highest BCUT2D eigenvalue weighted by Gasteiger charge is 2.16. The van der Waals surface area contributed by atoms with E-state index in [1.807, 2.05) is 20.8 Å². The van der Waals surface area contributed by atoms with Crippen molar-refractivity contribution in [3.8, 4) is 0 Å². The third-order valence-corrected chi connectivity index (χ3v) is 3.69. The van der Waals surface area contributed by atoms with Gasteiger partial charge in [0.05, 0.1) is 5.56 Å². The number of rotatable bonds is 5. The van der Waals surface area contributed by atoms with E-state index in [2.05, 4.69) is 10.3 Å². The number of para-hydroxylation sites is 1. The van der Waals surface area contributed by atoms with Gasteiger partial charge in [0.15, 0.2) is 6.61 Å². The standard InChI is InChI=1S/C17H20N2O4/c1-10(2)11(3)18-16(21)9-23-17(22)13-8-15(20)19-14-7-5-4-6-12(13)14/h4-8,10-11H,9H2,1-3H3,(H,18,21)(H,19,20)/t11-/m1/s1. The molecule has 1 aromatic heterocycles. The molecule has 0 fully saturated rings. The van der Waals surface area contributed by atoms with Crippen LogP contribution < -0.4 is 10.9 Å². The predicted octanol–water partition coefficient (Wildman–Crippen LogP) is 1.85. The van der Waals surface area contributed by atoms with Crippen LogP contribution in [0.4, 0.5) is 0 Å². The van der Waals surface area contributed by atoms with Gasteiger partial charge in [0.2, 0.25) is 5.56 Å². The summed E-state index contributed by atoms with van der Waals surface area (Å²) in [6.07, 6.45) is 0. The molecule has 6 heteroatoms. The minimum absolute atomic E-state index is 0.0124. The quantitative estimate of drug-likeness (QED) is 0.824. The fourth-order valence-electron chi connectivity index (χ4n) is 2.04. The van der Waals surface area contributed by atoms with E-state index in [-0.39, 0.29) is 30.0 Å². The third-order valence-electron chi connectivity index (χ3n) is 3.69. The van der Waals surface area contributed by atoms with Crippen LogP contribution in [0.5, 0.6) is 0 Å². The summed E-state index contributed by atoms with van der Waals surface area (Å²) in [5.41, 5.74) is 0.299. The fourth-order valence-corrected chi connectivity index (χ4v) is 2.04. The topological polar surface area (TPSA) is 88.3 Å². The molecule has 2 rings (SSSR count). The minimum Gasteiger partial charge on any atom is -0.452 e. The number of aromatic amines is 1. The summed E-state index contributed by atoms with van der Waals surface area (Å²) in [7, 11) is 0. The second-order valence-electron chi connectivity index (χ2n) is 5.77. The minimum atomic E-state index is -0.695. The average Bonchev–Trinajstić information content (AvgIpc) is 2.51. The number of hydrogen-bond acceptors (Lipinski definition) is 4. The van der Waals surface area contributed by atoms with Crippen molar-refractivity contribution < 1.29 is 14.3 Å². The van der Waals surface area contributed by atoms with Crippen LogP contribution in [0.3, 0.4) is 0 Å². The highest BCUT2D eigenvalue weighted by atomic mass is 16.5. The zero-order valence-corrected chi connectivity index (χ0v) is 13.4. The van der Waals surface area contributed by atoms with Gasteiger partial charge in [-0.15, -0.1) is 0 Å². The van der Waals surface area contributed by atoms with Gasteiger partial charge < -0.3 is 15.0 Å². The normalized spacial score (nSPS) is 12.2. The lowest BCUT2D eigenvalue weighted by Gasteiger charge is -2.17. The summed E-state index contributed by atoms with van der Waals surface area (Å²) in [6.45, 7) is 5.48. The molecule has 23 heavy (non-hydrogen) atoms. The molecule has 1 aromatic carbocycles. The first-order chi connectivity index (χ1) is 10.9. The van der Waals surface area contributed by atoms with Crippen molar-refractivity contribution in [2.45, 2.75) is 26.8 Å².